The molecule has 1 aromatic heterocycles. The average molecular weight is 471 g/mol. The highest BCUT2D eigenvalue weighted by Crippen LogP contribution is 2.46. The molecule has 1 amide bonds. The maximum absolute atomic E-state index is 14.9. The number of unbranched alkanes of at least 4 members (excludes halogenated alkanes) is 1. The molecule has 0 saturated heterocycles. The van der Waals surface area contributed by atoms with Crippen molar-refractivity contribution in [3.63, 3.8) is 0 Å². The van der Waals surface area contributed by atoms with E-state index in [4.69, 9.17) is 4.74 Å². The Hall–Kier alpha value is -3.07. The number of amides is 1. The summed E-state index contributed by atoms with van der Waals surface area (Å²) in [6, 6.07) is 6.86. The molecule has 172 valence electrons. The van der Waals surface area contributed by atoms with Gasteiger partial charge in [0.2, 0.25) is 23.2 Å². The van der Waals surface area contributed by atoms with E-state index in [1.807, 2.05) is 26.0 Å². The SMILES string of the molecule is CCCCSc1nnc2c(n1)OC(c1cc(F)ccc1F)N(C(C)=O)c1c(C)cc(C)cc1-2. The van der Waals surface area contributed by atoms with Crippen LogP contribution in [0.4, 0.5) is 14.5 Å². The van der Waals surface area contributed by atoms with E-state index in [1.165, 1.54) is 23.6 Å². The number of rotatable bonds is 5. The molecule has 1 aliphatic heterocycles. The van der Waals surface area contributed by atoms with Crippen LogP contribution in [-0.4, -0.2) is 26.8 Å². The van der Waals surface area contributed by atoms with Crippen molar-refractivity contribution in [2.45, 2.75) is 51.9 Å². The van der Waals surface area contributed by atoms with E-state index in [-0.39, 0.29) is 11.4 Å². The summed E-state index contributed by atoms with van der Waals surface area (Å²) in [5, 5.41) is 9.05. The Balaban J connectivity index is 1.96. The Bertz CT molecular complexity index is 1220. The van der Waals surface area contributed by atoms with Gasteiger partial charge in [-0.2, -0.15) is 4.98 Å². The summed E-state index contributed by atoms with van der Waals surface area (Å²) in [6.07, 6.45) is 0.745. The van der Waals surface area contributed by atoms with Gasteiger partial charge in [0, 0.05) is 18.2 Å². The van der Waals surface area contributed by atoms with E-state index in [2.05, 4.69) is 22.1 Å². The second-order valence-corrected chi connectivity index (χ2v) is 9.02. The number of nitrogens with zero attached hydrogens (tertiary/aromatic N) is 4. The maximum atomic E-state index is 14.9. The minimum Gasteiger partial charge on any atom is -0.447 e. The van der Waals surface area contributed by atoms with Gasteiger partial charge in [-0.15, -0.1) is 10.2 Å². The van der Waals surface area contributed by atoms with Crippen LogP contribution in [0.1, 0.15) is 49.6 Å². The van der Waals surface area contributed by atoms with E-state index in [1.54, 1.807) is 0 Å². The number of ether oxygens (including phenoxy) is 1. The third-order valence-corrected chi connectivity index (χ3v) is 6.25. The van der Waals surface area contributed by atoms with Crippen LogP contribution >= 0.6 is 11.8 Å². The van der Waals surface area contributed by atoms with Crippen LogP contribution in [0.15, 0.2) is 35.5 Å². The minimum absolute atomic E-state index is 0.109. The number of thioether (sulfide) groups is 1. The summed E-state index contributed by atoms with van der Waals surface area (Å²) >= 11 is 1.44. The predicted molar refractivity (Wildman–Crippen MR) is 123 cm³/mol. The summed E-state index contributed by atoms with van der Waals surface area (Å²) in [5.74, 6) is -0.793. The summed E-state index contributed by atoms with van der Waals surface area (Å²) in [7, 11) is 0. The van der Waals surface area contributed by atoms with Crippen molar-refractivity contribution in [2.24, 2.45) is 0 Å². The van der Waals surface area contributed by atoms with Gasteiger partial charge in [-0.3, -0.25) is 9.69 Å². The zero-order valence-electron chi connectivity index (χ0n) is 18.9. The molecule has 4 rings (SSSR count). The van der Waals surface area contributed by atoms with Gasteiger partial charge in [0.1, 0.15) is 11.6 Å². The maximum Gasteiger partial charge on any atom is 0.247 e. The van der Waals surface area contributed by atoms with Crippen molar-refractivity contribution < 1.29 is 18.3 Å². The third kappa shape index (κ3) is 4.55. The molecule has 1 atom stereocenters. The number of aromatic nitrogens is 3. The molecule has 0 spiro atoms. The molecular weight excluding hydrogens is 446 g/mol. The lowest BCUT2D eigenvalue weighted by Crippen LogP contribution is -2.37. The van der Waals surface area contributed by atoms with Gasteiger partial charge in [0.05, 0.1) is 11.3 Å². The van der Waals surface area contributed by atoms with E-state index < -0.39 is 23.8 Å². The van der Waals surface area contributed by atoms with E-state index in [0.717, 1.165) is 47.9 Å². The van der Waals surface area contributed by atoms with Crippen molar-refractivity contribution >= 4 is 23.4 Å². The normalized spacial score (nSPS) is 14.8. The van der Waals surface area contributed by atoms with Gasteiger partial charge < -0.3 is 4.74 Å². The molecule has 0 fully saturated rings. The standard InChI is InChI=1S/C24H24F2N4O2S/c1-5-6-9-33-24-27-22-20(28-29-24)18-11-13(2)10-14(3)21(18)30(15(4)31)23(32-22)17-12-16(25)7-8-19(17)26/h7-8,10-12,23H,5-6,9H2,1-4H3. The van der Waals surface area contributed by atoms with Gasteiger partial charge in [0.25, 0.3) is 0 Å². The first-order valence-electron chi connectivity index (χ1n) is 10.7. The number of carbonyl (C=O) groups excluding carboxylic acids is 1. The van der Waals surface area contributed by atoms with Crippen LogP contribution in [0.5, 0.6) is 5.88 Å². The van der Waals surface area contributed by atoms with Gasteiger partial charge in [0.15, 0.2) is 5.69 Å². The fourth-order valence-electron chi connectivity index (χ4n) is 3.88. The van der Waals surface area contributed by atoms with Crippen LogP contribution in [0, 0.1) is 25.5 Å². The van der Waals surface area contributed by atoms with Crippen LogP contribution < -0.4 is 9.64 Å². The van der Waals surface area contributed by atoms with Crippen molar-refractivity contribution in [3.05, 3.63) is 58.7 Å². The molecule has 0 radical (unpaired) electrons. The van der Waals surface area contributed by atoms with Crippen molar-refractivity contribution in [3.8, 4) is 17.1 Å². The second-order valence-electron chi connectivity index (χ2n) is 7.95. The van der Waals surface area contributed by atoms with Crippen molar-refractivity contribution in [2.75, 3.05) is 10.7 Å². The molecule has 6 nitrogen and oxygen atoms in total. The molecule has 2 aromatic carbocycles. The fraction of sp³-hybridized carbons (Fsp3) is 0.333. The van der Waals surface area contributed by atoms with Gasteiger partial charge in [-0.1, -0.05) is 36.7 Å². The highest BCUT2D eigenvalue weighted by molar-refractivity contribution is 7.99. The Morgan fingerprint density at radius 1 is 1.18 bits per heavy atom. The molecule has 0 saturated carbocycles. The molecule has 2 heterocycles. The molecule has 0 aliphatic carbocycles. The zero-order chi connectivity index (χ0) is 23.7. The molecule has 33 heavy (non-hydrogen) atoms. The molecule has 9 heteroatoms. The van der Waals surface area contributed by atoms with E-state index in [9.17, 15) is 13.6 Å². The first-order chi connectivity index (χ1) is 15.8. The number of hydrogen-bond donors (Lipinski definition) is 0. The topological polar surface area (TPSA) is 68.2 Å². The number of aryl methyl sites for hydroxylation is 2. The minimum atomic E-state index is -1.27. The predicted octanol–water partition coefficient (Wildman–Crippen LogP) is 5.77. The lowest BCUT2D eigenvalue weighted by Gasteiger charge is -2.31. The van der Waals surface area contributed by atoms with Gasteiger partial charge in [-0.25, -0.2) is 8.78 Å². The third-order valence-electron chi connectivity index (χ3n) is 5.33. The van der Waals surface area contributed by atoms with Crippen molar-refractivity contribution in [1.82, 2.24) is 15.2 Å². The van der Waals surface area contributed by atoms with Crippen molar-refractivity contribution in [1.29, 1.82) is 0 Å². The molecule has 3 aromatic rings. The van der Waals surface area contributed by atoms with E-state index >= 15 is 0 Å². The summed E-state index contributed by atoms with van der Waals surface area (Å²) in [6.45, 7) is 7.23. The number of halogens is 2. The smallest absolute Gasteiger partial charge is 0.247 e. The summed E-state index contributed by atoms with van der Waals surface area (Å²) in [5.41, 5.74) is 3.05. The number of hydrogen-bond acceptors (Lipinski definition) is 6. The average Bonchev–Trinajstić information content (AvgIpc) is 2.90. The van der Waals surface area contributed by atoms with Crippen LogP contribution in [-0.2, 0) is 4.79 Å². The van der Waals surface area contributed by atoms with Crippen LogP contribution in [0.2, 0.25) is 0 Å². The molecule has 0 bridgehead atoms. The van der Waals surface area contributed by atoms with Gasteiger partial charge >= 0.3 is 0 Å². The summed E-state index contributed by atoms with van der Waals surface area (Å²) in [4.78, 5) is 18.8. The largest absolute Gasteiger partial charge is 0.447 e. The number of fused-ring (bicyclic) bond motifs is 3. The molecule has 1 unspecified atom stereocenters. The molecular formula is C24H24F2N4O2S. The Morgan fingerprint density at radius 3 is 2.70 bits per heavy atom. The second kappa shape index (κ2) is 9.43. The quantitative estimate of drug-likeness (QED) is 0.348. The Kier molecular flexibility index (Phi) is 6.60. The molecule has 0 N–H and O–H groups in total. The highest BCUT2D eigenvalue weighted by atomic mass is 32.2. The number of carbonyl (C=O) groups is 1. The number of anilines is 1. The Labute approximate surface area is 195 Å². The van der Waals surface area contributed by atoms with Gasteiger partial charge in [-0.05, 0) is 50.1 Å². The summed E-state index contributed by atoms with van der Waals surface area (Å²) < 4.78 is 35.2. The number of benzene rings is 2. The Morgan fingerprint density at radius 2 is 1.97 bits per heavy atom. The monoisotopic (exact) mass is 470 g/mol. The van der Waals surface area contributed by atoms with Crippen LogP contribution in [0.25, 0.3) is 11.3 Å². The van der Waals surface area contributed by atoms with E-state index in [0.29, 0.717) is 22.1 Å². The molecule has 1 aliphatic rings. The highest BCUT2D eigenvalue weighted by Gasteiger charge is 2.37. The van der Waals surface area contributed by atoms with Crippen LogP contribution in [0.3, 0.4) is 0 Å². The first kappa shape index (κ1) is 23.1. The lowest BCUT2D eigenvalue weighted by molar-refractivity contribution is -0.118. The first-order valence-corrected chi connectivity index (χ1v) is 11.7. The zero-order valence-corrected chi connectivity index (χ0v) is 19.7. The lowest BCUT2D eigenvalue weighted by atomic mass is 10.00. The fourth-order valence-corrected chi connectivity index (χ4v) is 4.74.